The Balaban J connectivity index is 5.28. The fourth-order valence-electron chi connectivity index (χ4n) is 2.39. The second-order valence-electron chi connectivity index (χ2n) is 6.87. The number of aliphatic hydroxyl groups excluding tert-OH is 1. The Morgan fingerprint density at radius 2 is 1.42 bits per heavy atom. The summed E-state index contributed by atoms with van der Waals surface area (Å²) in [6.07, 6.45) is -0.296. The Hall–Kier alpha value is -3.11. The average Bonchev–Trinajstić information content (AvgIpc) is 2.74. The van der Waals surface area contributed by atoms with Gasteiger partial charge in [0.2, 0.25) is 17.7 Å². The van der Waals surface area contributed by atoms with Crippen molar-refractivity contribution in [3.8, 4) is 0 Å². The highest BCUT2D eigenvalue weighted by Crippen LogP contribution is 2.03. The Morgan fingerprint density at radius 3 is 1.91 bits per heavy atom. The quantitative estimate of drug-likeness (QED) is 0.0425. The molecule has 0 aliphatic rings. The van der Waals surface area contributed by atoms with Gasteiger partial charge in [-0.15, -0.1) is 0 Å². The fourth-order valence-corrected chi connectivity index (χ4v) is 2.63. The highest BCUT2D eigenvalue weighted by atomic mass is 32.1. The first-order valence-electron chi connectivity index (χ1n) is 9.81. The lowest BCUT2D eigenvalue weighted by Gasteiger charge is -2.24. The van der Waals surface area contributed by atoms with E-state index in [1.54, 1.807) is 0 Å². The van der Waals surface area contributed by atoms with Crippen LogP contribution >= 0.6 is 12.6 Å². The number of aliphatic hydroxyl groups is 1. The number of aliphatic carboxylic acids is 2. The number of rotatable bonds is 16. The van der Waals surface area contributed by atoms with E-state index in [-0.39, 0.29) is 43.9 Å². The molecule has 188 valence electrons. The molecular formula is C17H31N7O8S. The maximum atomic E-state index is 12.7. The second kappa shape index (κ2) is 15.7. The number of hydrogen-bond acceptors (Lipinski definition) is 9. The van der Waals surface area contributed by atoms with E-state index in [0.29, 0.717) is 0 Å². The molecule has 3 amide bonds. The first-order chi connectivity index (χ1) is 15.4. The lowest BCUT2D eigenvalue weighted by molar-refractivity contribution is -0.142. The molecule has 0 heterocycles. The first-order valence-corrected chi connectivity index (χ1v) is 10.4. The summed E-state index contributed by atoms with van der Waals surface area (Å²) in [7, 11) is 0. The minimum Gasteiger partial charge on any atom is -0.481 e. The van der Waals surface area contributed by atoms with Crippen molar-refractivity contribution in [3.05, 3.63) is 0 Å². The second-order valence-corrected chi connectivity index (χ2v) is 7.24. The zero-order valence-corrected chi connectivity index (χ0v) is 18.7. The molecule has 0 aliphatic heterocycles. The Labute approximate surface area is 194 Å². The number of aliphatic imine (C=N–C) groups is 1. The molecule has 4 unspecified atom stereocenters. The number of hydrogen-bond donors (Lipinski definition) is 10. The number of carbonyl (C=O) groups is 5. The monoisotopic (exact) mass is 493 g/mol. The molecule has 4 atom stereocenters. The lowest BCUT2D eigenvalue weighted by atomic mass is 10.1. The topological polar surface area (TPSA) is 273 Å². The molecule has 0 radical (unpaired) electrons. The predicted molar refractivity (Wildman–Crippen MR) is 119 cm³/mol. The van der Waals surface area contributed by atoms with Crippen LogP contribution in [0.4, 0.5) is 0 Å². The Morgan fingerprint density at radius 1 is 0.879 bits per heavy atom. The summed E-state index contributed by atoms with van der Waals surface area (Å²) in [5.74, 6) is -5.56. The van der Waals surface area contributed by atoms with Gasteiger partial charge in [0.15, 0.2) is 5.96 Å². The van der Waals surface area contributed by atoms with Crippen molar-refractivity contribution < 1.29 is 39.3 Å². The van der Waals surface area contributed by atoms with Gasteiger partial charge in [-0.2, -0.15) is 12.6 Å². The summed E-state index contributed by atoms with van der Waals surface area (Å²) in [5, 5.41) is 33.9. The van der Waals surface area contributed by atoms with Gasteiger partial charge >= 0.3 is 11.9 Å². The summed E-state index contributed by atoms with van der Waals surface area (Å²) in [6.45, 7) is -0.734. The normalized spacial score (nSPS) is 14.2. The summed E-state index contributed by atoms with van der Waals surface area (Å²) in [4.78, 5) is 62.7. The highest BCUT2D eigenvalue weighted by Gasteiger charge is 2.29. The van der Waals surface area contributed by atoms with E-state index in [1.807, 2.05) is 0 Å². The van der Waals surface area contributed by atoms with Gasteiger partial charge in [0.1, 0.15) is 18.1 Å². The average molecular weight is 494 g/mol. The third kappa shape index (κ3) is 12.5. The molecule has 0 saturated carbocycles. The number of amides is 3. The minimum absolute atomic E-state index is 0.00810. The largest absolute Gasteiger partial charge is 0.481 e. The van der Waals surface area contributed by atoms with Crippen LogP contribution in [-0.2, 0) is 24.0 Å². The molecule has 0 fully saturated rings. The van der Waals surface area contributed by atoms with Crippen molar-refractivity contribution in [3.63, 3.8) is 0 Å². The van der Waals surface area contributed by atoms with Gasteiger partial charge in [0.05, 0.1) is 12.6 Å². The van der Waals surface area contributed by atoms with Crippen LogP contribution in [0.3, 0.4) is 0 Å². The van der Waals surface area contributed by atoms with E-state index < -0.39 is 60.4 Å². The van der Waals surface area contributed by atoms with Crippen LogP contribution < -0.4 is 33.2 Å². The first kappa shape index (κ1) is 29.9. The van der Waals surface area contributed by atoms with E-state index in [9.17, 15) is 29.1 Å². The van der Waals surface area contributed by atoms with Gasteiger partial charge in [-0.1, -0.05) is 0 Å². The van der Waals surface area contributed by atoms with Crippen LogP contribution in [0.25, 0.3) is 0 Å². The van der Waals surface area contributed by atoms with Crippen molar-refractivity contribution in [2.45, 2.75) is 49.9 Å². The van der Waals surface area contributed by atoms with Crippen LogP contribution in [0.5, 0.6) is 0 Å². The zero-order valence-electron chi connectivity index (χ0n) is 17.8. The maximum Gasteiger partial charge on any atom is 0.327 e. The number of carboxylic acids is 2. The number of nitrogens with one attached hydrogen (secondary N) is 3. The molecule has 12 N–H and O–H groups in total. The van der Waals surface area contributed by atoms with Crippen LogP contribution in [-0.4, -0.2) is 94.0 Å². The van der Waals surface area contributed by atoms with Gasteiger partial charge in [0, 0.05) is 18.7 Å². The molecule has 0 aromatic carbocycles. The van der Waals surface area contributed by atoms with E-state index in [2.05, 4.69) is 33.6 Å². The molecule has 0 aliphatic carbocycles. The summed E-state index contributed by atoms with van der Waals surface area (Å²) in [5.41, 5.74) is 16.1. The van der Waals surface area contributed by atoms with Crippen molar-refractivity contribution in [1.29, 1.82) is 0 Å². The fraction of sp³-hybridized carbons (Fsp3) is 0.647. The molecule has 0 aromatic rings. The molecule has 0 spiro atoms. The molecule has 16 heteroatoms. The lowest BCUT2D eigenvalue weighted by Crippen LogP contribution is -2.58. The van der Waals surface area contributed by atoms with Crippen molar-refractivity contribution in [2.75, 3.05) is 18.9 Å². The Bertz CT molecular complexity index is 732. The molecule has 0 saturated heterocycles. The van der Waals surface area contributed by atoms with E-state index >= 15 is 0 Å². The minimum atomic E-state index is -1.52. The summed E-state index contributed by atoms with van der Waals surface area (Å²) >= 11 is 3.81. The highest BCUT2D eigenvalue weighted by molar-refractivity contribution is 7.80. The number of carboxylic acid groups (broad SMARTS) is 2. The van der Waals surface area contributed by atoms with E-state index in [0.717, 1.165) is 0 Å². The standard InChI is InChI=1S/C17H31N7O8S/c18-8(3-4-12(26)27)13(28)22-9(2-1-5-21-17(19)20)14(29)23-10(6-25)15(30)24-11(7-33)16(31)32/h8-11,25,33H,1-7,18H2,(H,22,28)(H,23,29)(H,24,30)(H,26,27)(H,31,32)(H4,19,20,21). The molecular weight excluding hydrogens is 462 g/mol. The van der Waals surface area contributed by atoms with Gasteiger partial charge in [-0.3, -0.25) is 24.2 Å². The summed E-state index contributed by atoms with van der Waals surface area (Å²) < 4.78 is 0. The van der Waals surface area contributed by atoms with Crippen molar-refractivity contribution in [2.24, 2.45) is 22.2 Å². The zero-order chi connectivity index (χ0) is 25.6. The van der Waals surface area contributed by atoms with Gasteiger partial charge < -0.3 is 48.5 Å². The predicted octanol–water partition coefficient (Wildman–Crippen LogP) is -4.31. The molecule has 0 rings (SSSR count). The maximum absolute atomic E-state index is 12.7. The summed E-state index contributed by atoms with van der Waals surface area (Å²) in [6, 6.07) is -5.31. The number of nitrogens with zero attached hydrogens (tertiary/aromatic N) is 1. The van der Waals surface area contributed by atoms with Crippen molar-refractivity contribution in [1.82, 2.24) is 16.0 Å². The Kier molecular flexibility index (Phi) is 14.2. The SMILES string of the molecule is NC(N)=NCCCC(NC(=O)C(N)CCC(=O)O)C(=O)NC(CO)C(=O)NC(CS)C(=O)O. The van der Waals surface area contributed by atoms with Gasteiger partial charge in [0.25, 0.3) is 0 Å². The van der Waals surface area contributed by atoms with Gasteiger partial charge in [-0.05, 0) is 19.3 Å². The van der Waals surface area contributed by atoms with Crippen LogP contribution in [0.1, 0.15) is 25.7 Å². The smallest absolute Gasteiger partial charge is 0.327 e. The van der Waals surface area contributed by atoms with Crippen molar-refractivity contribution >= 4 is 48.2 Å². The number of thiol groups is 1. The van der Waals surface area contributed by atoms with Gasteiger partial charge in [-0.25, -0.2) is 4.79 Å². The molecule has 0 aromatic heterocycles. The van der Waals surface area contributed by atoms with E-state index in [4.69, 9.17) is 27.4 Å². The molecule has 0 bridgehead atoms. The number of guanidine groups is 1. The third-order valence-electron chi connectivity index (χ3n) is 4.20. The van der Waals surface area contributed by atoms with E-state index in [1.165, 1.54) is 0 Å². The van der Waals surface area contributed by atoms with Crippen LogP contribution in [0.15, 0.2) is 4.99 Å². The van der Waals surface area contributed by atoms with Crippen LogP contribution in [0.2, 0.25) is 0 Å². The number of nitrogens with two attached hydrogens (primary N) is 3. The third-order valence-corrected chi connectivity index (χ3v) is 4.56. The number of carbonyl (C=O) groups excluding carboxylic acids is 3. The molecule has 33 heavy (non-hydrogen) atoms. The molecule has 15 nitrogen and oxygen atoms in total. The van der Waals surface area contributed by atoms with Crippen LogP contribution in [0, 0.1) is 0 Å².